The van der Waals surface area contributed by atoms with Crippen LogP contribution >= 0.6 is 11.6 Å². The van der Waals surface area contributed by atoms with E-state index in [1.54, 1.807) is 24.4 Å². The zero-order valence-corrected chi connectivity index (χ0v) is 20.5. The minimum absolute atomic E-state index is 0.0178. The zero-order valence-electron chi connectivity index (χ0n) is 19.7. The largest absolute Gasteiger partial charge is 0.494 e. The van der Waals surface area contributed by atoms with Crippen LogP contribution in [0.2, 0.25) is 5.02 Å². The van der Waals surface area contributed by atoms with Crippen LogP contribution in [0.5, 0.6) is 5.75 Å². The molecule has 2 aromatic carbocycles. The Balaban J connectivity index is 1.69. The Labute approximate surface area is 208 Å². The summed E-state index contributed by atoms with van der Waals surface area (Å²) in [6.45, 7) is 6.79. The zero-order chi connectivity index (χ0) is 24.7. The second-order valence-electron chi connectivity index (χ2n) is 9.19. The average molecular weight is 489 g/mol. The molecule has 1 aliphatic rings. The number of carbonyl (C=O) groups is 1. The third-order valence-corrected chi connectivity index (χ3v) is 6.35. The summed E-state index contributed by atoms with van der Waals surface area (Å²) in [5.74, 6) is 1.24. The first-order chi connectivity index (χ1) is 16.8. The quantitative estimate of drug-likeness (QED) is 0.317. The lowest BCUT2D eigenvalue weighted by molar-refractivity contribution is 0.0970. The lowest BCUT2D eigenvalue weighted by Gasteiger charge is -2.24. The summed E-state index contributed by atoms with van der Waals surface area (Å²) < 4.78 is 12.0. The van der Waals surface area contributed by atoms with Gasteiger partial charge in [-0.05, 0) is 72.9 Å². The summed E-state index contributed by atoms with van der Waals surface area (Å²) in [5, 5.41) is 0.751. The van der Waals surface area contributed by atoms with Crippen LogP contribution in [0.15, 0.2) is 70.0 Å². The van der Waals surface area contributed by atoms with Crippen molar-refractivity contribution in [3.63, 3.8) is 0 Å². The molecule has 178 valence electrons. The van der Waals surface area contributed by atoms with Gasteiger partial charge in [-0.1, -0.05) is 37.6 Å². The van der Waals surface area contributed by atoms with E-state index in [-0.39, 0.29) is 16.8 Å². The van der Waals surface area contributed by atoms with Gasteiger partial charge in [-0.2, -0.15) is 0 Å². The monoisotopic (exact) mass is 488 g/mol. The molecule has 1 unspecified atom stereocenters. The number of rotatable bonds is 6. The second-order valence-corrected chi connectivity index (χ2v) is 9.62. The van der Waals surface area contributed by atoms with E-state index >= 15 is 0 Å². The van der Waals surface area contributed by atoms with Crippen LogP contribution in [0.3, 0.4) is 0 Å². The van der Waals surface area contributed by atoms with E-state index in [1.807, 2.05) is 43.3 Å². The molecule has 2 aromatic heterocycles. The van der Waals surface area contributed by atoms with E-state index in [1.165, 1.54) is 4.90 Å². The fourth-order valence-electron chi connectivity index (χ4n) is 4.34. The Kier molecular flexibility index (Phi) is 6.07. The molecule has 0 aliphatic carbocycles. The van der Waals surface area contributed by atoms with Gasteiger partial charge in [0.25, 0.3) is 5.91 Å². The van der Waals surface area contributed by atoms with Gasteiger partial charge in [-0.3, -0.25) is 14.5 Å². The van der Waals surface area contributed by atoms with Crippen molar-refractivity contribution in [2.75, 3.05) is 11.5 Å². The molecule has 35 heavy (non-hydrogen) atoms. The molecular formula is C28H25ClN2O4. The predicted molar refractivity (Wildman–Crippen MR) is 137 cm³/mol. The Bertz CT molecular complexity index is 1490. The van der Waals surface area contributed by atoms with Crippen LogP contribution in [-0.4, -0.2) is 17.5 Å². The number of carbonyl (C=O) groups excluding carboxylic acids is 1. The summed E-state index contributed by atoms with van der Waals surface area (Å²) in [7, 11) is 0. The van der Waals surface area contributed by atoms with Gasteiger partial charge in [-0.25, -0.2) is 4.98 Å². The molecule has 5 rings (SSSR count). The third kappa shape index (κ3) is 4.30. The summed E-state index contributed by atoms with van der Waals surface area (Å²) in [5.41, 5.74) is 1.97. The van der Waals surface area contributed by atoms with Gasteiger partial charge in [-0.15, -0.1) is 0 Å². The number of halogens is 1. The number of pyridine rings is 1. The Morgan fingerprint density at radius 2 is 1.94 bits per heavy atom. The molecule has 6 nitrogen and oxygen atoms in total. The Morgan fingerprint density at radius 1 is 1.11 bits per heavy atom. The van der Waals surface area contributed by atoms with Gasteiger partial charge < -0.3 is 9.15 Å². The van der Waals surface area contributed by atoms with Crippen molar-refractivity contribution in [2.45, 2.75) is 33.2 Å². The fraction of sp³-hybridized carbons (Fsp3) is 0.250. The smallest absolute Gasteiger partial charge is 0.296 e. The minimum atomic E-state index is -0.722. The number of ether oxygens (including phenoxy) is 1. The van der Waals surface area contributed by atoms with E-state index in [4.69, 9.17) is 20.8 Å². The van der Waals surface area contributed by atoms with Gasteiger partial charge in [0.05, 0.1) is 23.6 Å². The second kappa shape index (κ2) is 9.19. The minimum Gasteiger partial charge on any atom is -0.494 e. The van der Waals surface area contributed by atoms with E-state index in [0.29, 0.717) is 40.1 Å². The number of nitrogens with zero attached hydrogens (tertiary/aromatic N) is 2. The average Bonchev–Trinajstić information content (AvgIpc) is 3.12. The first kappa shape index (κ1) is 23.1. The van der Waals surface area contributed by atoms with Gasteiger partial charge in [0, 0.05) is 11.2 Å². The van der Waals surface area contributed by atoms with Crippen molar-refractivity contribution in [1.82, 2.24) is 4.98 Å². The maximum Gasteiger partial charge on any atom is 0.296 e. The molecule has 3 heterocycles. The third-order valence-electron chi connectivity index (χ3n) is 6.12. The molecule has 7 heteroatoms. The highest BCUT2D eigenvalue weighted by Crippen LogP contribution is 2.41. The molecule has 4 aromatic rings. The number of aromatic nitrogens is 1. The molecule has 0 saturated heterocycles. The van der Waals surface area contributed by atoms with Crippen molar-refractivity contribution in [3.8, 4) is 5.75 Å². The van der Waals surface area contributed by atoms with E-state index in [0.717, 1.165) is 17.5 Å². The SMILES string of the molecule is Cc1ccnc(N2C(=O)c3oc4ccc(Cl)cc4c(=O)c3C2c2cccc(OCCC(C)C)c2)c1. The molecule has 1 amide bonds. The first-order valence-electron chi connectivity index (χ1n) is 11.6. The molecular weight excluding hydrogens is 464 g/mol. The van der Waals surface area contributed by atoms with Gasteiger partial charge >= 0.3 is 0 Å². The number of hydrogen-bond donors (Lipinski definition) is 0. The molecule has 0 fully saturated rings. The summed E-state index contributed by atoms with van der Waals surface area (Å²) in [4.78, 5) is 33.4. The van der Waals surface area contributed by atoms with Gasteiger partial charge in [0.15, 0.2) is 5.43 Å². The number of benzene rings is 2. The summed E-state index contributed by atoms with van der Waals surface area (Å²) >= 11 is 6.17. The molecule has 1 aliphatic heterocycles. The van der Waals surface area contributed by atoms with Crippen molar-refractivity contribution in [2.24, 2.45) is 5.92 Å². The molecule has 0 spiro atoms. The van der Waals surface area contributed by atoms with Crippen molar-refractivity contribution in [1.29, 1.82) is 0 Å². The van der Waals surface area contributed by atoms with Crippen molar-refractivity contribution < 1.29 is 13.9 Å². The van der Waals surface area contributed by atoms with E-state index in [9.17, 15) is 9.59 Å². The van der Waals surface area contributed by atoms with Crippen LogP contribution in [0, 0.1) is 12.8 Å². The van der Waals surface area contributed by atoms with E-state index < -0.39 is 11.9 Å². The lowest BCUT2D eigenvalue weighted by Crippen LogP contribution is -2.30. The normalized spacial score (nSPS) is 15.2. The number of amides is 1. The predicted octanol–water partition coefficient (Wildman–Crippen LogP) is 6.32. The fourth-order valence-corrected chi connectivity index (χ4v) is 4.51. The van der Waals surface area contributed by atoms with E-state index in [2.05, 4.69) is 18.8 Å². The van der Waals surface area contributed by atoms with Crippen molar-refractivity contribution in [3.05, 3.63) is 98.5 Å². The maximum absolute atomic E-state index is 13.7. The molecule has 1 atom stereocenters. The Morgan fingerprint density at radius 3 is 2.71 bits per heavy atom. The highest BCUT2D eigenvalue weighted by molar-refractivity contribution is 6.31. The molecule has 0 radical (unpaired) electrons. The van der Waals surface area contributed by atoms with Crippen LogP contribution in [0.25, 0.3) is 11.0 Å². The first-order valence-corrected chi connectivity index (χ1v) is 12.0. The van der Waals surface area contributed by atoms with Crippen LogP contribution in [-0.2, 0) is 0 Å². The lowest BCUT2D eigenvalue weighted by atomic mass is 9.98. The van der Waals surface area contributed by atoms with Crippen molar-refractivity contribution >= 4 is 34.3 Å². The molecule has 0 saturated carbocycles. The summed E-state index contributed by atoms with van der Waals surface area (Å²) in [6.07, 6.45) is 2.57. The van der Waals surface area contributed by atoms with Gasteiger partial charge in [0.1, 0.15) is 17.2 Å². The highest BCUT2D eigenvalue weighted by Gasteiger charge is 2.44. The number of anilines is 1. The standard InChI is InChI=1S/C28H25ClN2O4/c1-16(2)10-12-34-20-6-4-5-18(14-20)25-24-26(32)21-15-19(29)7-8-22(21)35-27(24)28(33)31(25)23-13-17(3)9-11-30-23/h4-9,11,13-16,25H,10,12H2,1-3H3. The number of hydrogen-bond acceptors (Lipinski definition) is 5. The maximum atomic E-state index is 13.7. The number of aryl methyl sites for hydroxylation is 1. The highest BCUT2D eigenvalue weighted by atomic mass is 35.5. The van der Waals surface area contributed by atoms with Crippen LogP contribution in [0.4, 0.5) is 5.82 Å². The van der Waals surface area contributed by atoms with Crippen LogP contribution in [0.1, 0.15) is 53.6 Å². The summed E-state index contributed by atoms with van der Waals surface area (Å²) in [6, 6.07) is 15.3. The van der Waals surface area contributed by atoms with Crippen LogP contribution < -0.4 is 15.1 Å². The van der Waals surface area contributed by atoms with Gasteiger partial charge in [0.2, 0.25) is 5.76 Å². The molecule has 0 bridgehead atoms. The number of fused-ring (bicyclic) bond motifs is 2. The Hall–Kier alpha value is -3.64. The topological polar surface area (TPSA) is 72.6 Å². The molecule has 0 N–H and O–H groups in total.